The Bertz CT molecular complexity index is 1030. The van der Waals surface area contributed by atoms with E-state index in [4.69, 9.17) is 32.7 Å². The van der Waals surface area contributed by atoms with Gasteiger partial charge in [0.15, 0.2) is 5.78 Å². The van der Waals surface area contributed by atoms with Crippen molar-refractivity contribution in [1.82, 2.24) is 9.78 Å². The molecule has 0 spiro atoms. The lowest BCUT2D eigenvalue weighted by molar-refractivity contribution is 0.104. The van der Waals surface area contributed by atoms with E-state index >= 15 is 0 Å². The number of benzene rings is 2. The van der Waals surface area contributed by atoms with Crippen molar-refractivity contribution in [3.8, 4) is 11.5 Å². The third kappa shape index (κ3) is 4.94. The summed E-state index contributed by atoms with van der Waals surface area (Å²) < 4.78 is 12.8. The zero-order chi connectivity index (χ0) is 20.1. The minimum Gasteiger partial charge on any atom is -0.496 e. The van der Waals surface area contributed by atoms with Crippen LogP contribution in [0.15, 0.2) is 54.9 Å². The van der Waals surface area contributed by atoms with Crippen molar-refractivity contribution in [2.24, 2.45) is 7.05 Å². The molecule has 1 heterocycles. The van der Waals surface area contributed by atoms with E-state index in [0.717, 1.165) is 11.1 Å². The van der Waals surface area contributed by atoms with Crippen molar-refractivity contribution in [2.75, 3.05) is 7.11 Å². The first-order valence-corrected chi connectivity index (χ1v) is 9.17. The summed E-state index contributed by atoms with van der Waals surface area (Å²) in [4.78, 5) is 12.2. The van der Waals surface area contributed by atoms with Crippen molar-refractivity contribution >= 4 is 35.1 Å². The van der Waals surface area contributed by atoms with Gasteiger partial charge in [-0.1, -0.05) is 35.3 Å². The Hall–Kier alpha value is -2.76. The number of hydrogen-bond donors (Lipinski definition) is 0. The zero-order valence-electron chi connectivity index (χ0n) is 15.4. The second kappa shape index (κ2) is 8.95. The highest BCUT2D eigenvalue weighted by atomic mass is 35.5. The number of carbonyl (C=O) groups is 1. The summed E-state index contributed by atoms with van der Waals surface area (Å²) in [6.45, 7) is 0.253. The van der Waals surface area contributed by atoms with Crippen molar-refractivity contribution in [3.05, 3.63) is 81.6 Å². The maximum atomic E-state index is 12.2. The molecule has 0 amide bonds. The van der Waals surface area contributed by atoms with Gasteiger partial charge < -0.3 is 9.47 Å². The lowest BCUT2D eigenvalue weighted by Gasteiger charge is -2.12. The van der Waals surface area contributed by atoms with Gasteiger partial charge in [-0.15, -0.1) is 0 Å². The Labute approximate surface area is 173 Å². The third-order valence-corrected chi connectivity index (χ3v) is 4.53. The molecule has 2 aromatic carbocycles. The fourth-order valence-electron chi connectivity index (χ4n) is 2.58. The van der Waals surface area contributed by atoms with Crippen molar-refractivity contribution in [3.63, 3.8) is 0 Å². The second-order valence-electron chi connectivity index (χ2n) is 6.03. The summed E-state index contributed by atoms with van der Waals surface area (Å²) in [5.41, 5.74) is 2.21. The van der Waals surface area contributed by atoms with Crippen LogP contribution in [0.4, 0.5) is 0 Å². The first kappa shape index (κ1) is 20.0. The fraction of sp³-hybridized carbons (Fsp3) is 0.143. The van der Waals surface area contributed by atoms with Crippen LogP contribution in [0.3, 0.4) is 0 Å². The Morgan fingerprint density at radius 2 is 1.96 bits per heavy atom. The van der Waals surface area contributed by atoms with Crippen LogP contribution in [0.1, 0.15) is 21.5 Å². The molecular formula is C21H18Cl2N2O3. The molecule has 0 N–H and O–H groups in total. The summed E-state index contributed by atoms with van der Waals surface area (Å²) in [6, 6.07) is 10.6. The molecule has 0 aliphatic carbocycles. The average Bonchev–Trinajstić information content (AvgIpc) is 3.12. The number of methoxy groups -OCH3 is 1. The fourth-order valence-corrected chi connectivity index (χ4v) is 3.04. The van der Waals surface area contributed by atoms with Crippen LogP contribution in [0.25, 0.3) is 6.08 Å². The van der Waals surface area contributed by atoms with Crippen LogP contribution >= 0.6 is 23.2 Å². The minimum absolute atomic E-state index is 0.116. The highest BCUT2D eigenvalue weighted by Gasteiger charge is 2.08. The van der Waals surface area contributed by atoms with Gasteiger partial charge in [0.25, 0.3) is 0 Å². The molecule has 0 atom stereocenters. The van der Waals surface area contributed by atoms with Gasteiger partial charge in [-0.3, -0.25) is 9.48 Å². The van der Waals surface area contributed by atoms with E-state index in [1.165, 1.54) is 12.3 Å². The van der Waals surface area contributed by atoms with E-state index in [2.05, 4.69) is 5.10 Å². The van der Waals surface area contributed by atoms with Crippen LogP contribution in [0.2, 0.25) is 10.0 Å². The molecule has 0 radical (unpaired) electrons. The summed E-state index contributed by atoms with van der Waals surface area (Å²) in [5.74, 6) is 1.09. The SMILES string of the molecule is COc1ccc(/C=C/C(=O)c2cnn(C)c2)cc1COc1ccc(Cl)cc1Cl. The quantitative estimate of drug-likeness (QED) is 0.391. The molecular weight excluding hydrogens is 399 g/mol. The number of nitrogens with zero attached hydrogens (tertiary/aromatic N) is 2. The molecule has 7 heteroatoms. The van der Waals surface area contributed by atoms with Gasteiger partial charge in [0.05, 0.1) is 23.9 Å². The largest absolute Gasteiger partial charge is 0.496 e. The van der Waals surface area contributed by atoms with E-state index < -0.39 is 0 Å². The van der Waals surface area contributed by atoms with E-state index in [1.54, 1.807) is 49.3 Å². The maximum Gasteiger partial charge on any atom is 0.189 e. The predicted molar refractivity (Wildman–Crippen MR) is 110 cm³/mol. The number of halogens is 2. The van der Waals surface area contributed by atoms with Crippen molar-refractivity contribution in [1.29, 1.82) is 0 Å². The molecule has 3 rings (SSSR count). The molecule has 0 bridgehead atoms. The van der Waals surface area contributed by atoms with Crippen LogP contribution in [-0.4, -0.2) is 22.7 Å². The second-order valence-corrected chi connectivity index (χ2v) is 6.88. The molecule has 0 saturated heterocycles. The van der Waals surface area contributed by atoms with Gasteiger partial charge in [-0.2, -0.15) is 5.10 Å². The number of aromatic nitrogens is 2. The summed E-state index contributed by atoms with van der Waals surface area (Å²) in [5, 5.41) is 4.98. The standard InChI is InChI=1S/C21H18Cl2N2O3/c1-25-12-16(11-24-25)19(26)6-3-14-4-7-20(27-2)15(9-14)13-28-21-8-5-17(22)10-18(21)23/h3-12H,13H2,1-2H3/b6-3+. The van der Waals surface area contributed by atoms with Gasteiger partial charge in [0.1, 0.15) is 18.1 Å². The molecule has 28 heavy (non-hydrogen) atoms. The van der Waals surface area contributed by atoms with Crippen molar-refractivity contribution < 1.29 is 14.3 Å². The molecule has 0 fully saturated rings. The minimum atomic E-state index is -0.116. The third-order valence-electron chi connectivity index (χ3n) is 4.00. The number of aryl methyl sites for hydroxylation is 1. The van der Waals surface area contributed by atoms with E-state index in [-0.39, 0.29) is 12.4 Å². The average molecular weight is 417 g/mol. The molecule has 144 valence electrons. The molecule has 5 nitrogen and oxygen atoms in total. The first-order chi connectivity index (χ1) is 13.5. The van der Waals surface area contributed by atoms with Gasteiger partial charge in [0.2, 0.25) is 0 Å². The number of rotatable bonds is 7. The van der Waals surface area contributed by atoms with Crippen LogP contribution in [0.5, 0.6) is 11.5 Å². The van der Waals surface area contributed by atoms with E-state index in [0.29, 0.717) is 27.1 Å². The number of hydrogen-bond acceptors (Lipinski definition) is 4. The number of allylic oxidation sites excluding steroid dienone is 1. The Balaban J connectivity index is 1.75. The number of carbonyl (C=O) groups excluding carboxylic acids is 1. The Kier molecular flexibility index (Phi) is 6.39. The van der Waals surface area contributed by atoms with Gasteiger partial charge in [0, 0.05) is 23.8 Å². The first-order valence-electron chi connectivity index (χ1n) is 8.42. The zero-order valence-corrected chi connectivity index (χ0v) is 16.9. The Morgan fingerprint density at radius 3 is 2.64 bits per heavy atom. The maximum absolute atomic E-state index is 12.2. The van der Waals surface area contributed by atoms with Gasteiger partial charge in [-0.25, -0.2) is 0 Å². The van der Waals surface area contributed by atoms with Gasteiger partial charge in [-0.05, 0) is 42.0 Å². The highest BCUT2D eigenvalue weighted by Crippen LogP contribution is 2.29. The monoisotopic (exact) mass is 416 g/mol. The van der Waals surface area contributed by atoms with E-state index in [9.17, 15) is 4.79 Å². The normalized spacial score (nSPS) is 11.0. The summed E-state index contributed by atoms with van der Waals surface area (Å²) >= 11 is 12.1. The van der Waals surface area contributed by atoms with Crippen LogP contribution < -0.4 is 9.47 Å². The summed E-state index contributed by atoms with van der Waals surface area (Å²) in [6.07, 6.45) is 6.47. The smallest absolute Gasteiger partial charge is 0.189 e. The van der Waals surface area contributed by atoms with Crippen LogP contribution in [0, 0.1) is 0 Å². The lowest BCUT2D eigenvalue weighted by Crippen LogP contribution is -2.00. The topological polar surface area (TPSA) is 53.3 Å². The number of ether oxygens (including phenoxy) is 2. The highest BCUT2D eigenvalue weighted by molar-refractivity contribution is 6.35. The molecule has 0 saturated carbocycles. The number of ketones is 1. The predicted octanol–water partition coefficient (Wildman–Crippen LogP) is 5.21. The van der Waals surface area contributed by atoms with Crippen LogP contribution in [-0.2, 0) is 13.7 Å². The molecule has 3 aromatic rings. The molecule has 0 aliphatic rings. The molecule has 1 aromatic heterocycles. The van der Waals surface area contributed by atoms with Gasteiger partial charge >= 0.3 is 0 Å². The van der Waals surface area contributed by atoms with E-state index in [1.807, 2.05) is 18.2 Å². The summed E-state index contributed by atoms with van der Waals surface area (Å²) in [7, 11) is 3.36. The van der Waals surface area contributed by atoms with Crippen molar-refractivity contribution in [2.45, 2.75) is 6.61 Å². The molecule has 0 aliphatic heterocycles. The Morgan fingerprint density at radius 1 is 1.18 bits per heavy atom. The lowest BCUT2D eigenvalue weighted by atomic mass is 10.1. The molecule has 0 unspecified atom stereocenters.